The van der Waals surface area contributed by atoms with Gasteiger partial charge in [-0.3, -0.25) is 0 Å². The predicted molar refractivity (Wildman–Crippen MR) is 146 cm³/mol. The lowest BCUT2D eigenvalue weighted by Crippen LogP contribution is -2.53. The lowest BCUT2D eigenvalue weighted by atomic mass is 9.15. The molecule has 4 atom stereocenters. The first-order valence-corrected chi connectivity index (χ1v) is 12.7. The van der Waals surface area contributed by atoms with Crippen LogP contribution in [0.2, 0.25) is 0 Å². The molecule has 0 heterocycles. The molecule has 0 aliphatic rings. The minimum absolute atomic E-state index is 0.515. The zero-order valence-corrected chi connectivity index (χ0v) is 21.0. The number of alkyl halides is 4. The van der Waals surface area contributed by atoms with E-state index in [2.05, 4.69) is 0 Å². The van der Waals surface area contributed by atoms with Crippen molar-refractivity contribution in [3.63, 3.8) is 0 Å². The molecule has 0 nitrogen and oxygen atoms in total. The third kappa shape index (κ3) is 4.84. The summed E-state index contributed by atoms with van der Waals surface area (Å²) in [6, 6.07) is 39.9. The Bertz CT molecular complexity index is 936. The van der Waals surface area contributed by atoms with Gasteiger partial charge in [0.2, 0.25) is 0 Å². The van der Waals surface area contributed by atoms with Crippen molar-refractivity contribution in [2.24, 2.45) is 0 Å². The molecule has 168 valence electrons. The maximum absolute atomic E-state index is 7.44. The van der Waals surface area contributed by atoms with E-state index in [1.165, 1.54) is 0 Å². The van der Waals surface area contributed by atoms with Crippen molar-refractivity contribution in [3.8, 4) is 0 Å². The topological polar surface area (TPSA) is 0 Å². The van der Waals surface area contributed by atoms with Gasteiger partial charge in [-0.1, -0.05) is 165 Å². The van der Waals surface area contributed by atoms with Gasteiger partial charge in [-0.15, -0.1) is 0 Å². The molecule has 0 aromatic heterocycles. The summed E-state index contributed by atoms with van der Waals surface area (Å²) in [6.07, 6.45) is -1.94. The molecule has 0 aliphatic heterocycles. The Morgan fingerprint density at radius 3 is 0.697 bits per heavy atom. The third-order valence-corrected chi connectivity index (χ3v) is 9.25. The SMILES string of the molecule is ClC(c1ccccc1)[B-](C(Cl)c1ccccc1)(C(Cl)c1ccccc1)C(Cl)c1ccccc1. The first-order chi connectivity index (χ1) is 16.1. The molecule has 0 saturated heterocycles. The fraction of sp³-hybridized carbons (Fsp3) is 0.143. The van der Waals surface area contributed by atoms with Gasteiger partial charge in [0.05, 0.1) is 6.15 Å². The van der Waals surface area contributed by atoms with Crippen LogP contribution in [-0.4, -0.2) is 6.15 Å². The number of hydrogen-bond donors (Lipinski definition) is 0. The van der Waals surface area contributed by atoms with Crippen LogP contribution in [0, 0.1) is 0 Å². The summed E-state index contributed by atoms with van der Waals surface area (Å²) < 4.78 is 0. The molecule has 0 radical (unpaired) electrons. The molecule has 0 saturated carbocycles. The first kappa shape index (κ1) is 24.2. The third-order valence-electron chi connectivity index (χ3n) is 6.50. The van der Waals surface area contributed by atoms with Crippen molar-refractivity contribution in [1.82, 2.24) is 0 Å². The average molecular weight is 513 g/mol. The van der Waals surface area contributed by atoms with E-state index in [9.17, 15) is 0 Å². The highest BCUT2D eigenvalue weighted by atomic mass is 35.5. The van der Waals surface area contributed by atoms with Gasteiger partial charge < -0.3 is 0 Å². The summed E-state index contributed by atoms with van der Waals surface area (Å²) in [5.74, 6) is 0. The Balaban J connectivity index is 1.99. The van der Waals surface area contributed by atoms with Crippen LogP contribution in [0.5, 0.6) is 0 Å². The van der Waals surface area contributed by atoms with Crippen molar-refractivity contribution in [2.75, 3.05) is 0 Å². The van der Waals surface area contributed by atoms with Crippen molar-refractivity contribution in [1.29, 1.82) is 0 Å². The van der Waals surface area contributed by atoms with E-state index < -0.39 is 27.3 Å². The Kier molecular flexibility index (Phi) is 8.09. The highest BCUT2D eigenvalue weighted by Crippen LogP contribution is 2.58. The average Bonchev–Trinajstić information content (AvgIpc) is 2.90. The van der Waals surface area contributed by atoms with E-state index in [0.717, 1.165) is 22.3 Å². The van der Waals surface area contributed by atoms with Crippen LogP contribution in [0.1, 0.15) is 43.4 Å². The van der Waals surface area contributed by atoms with E-state index in [1.807, 2.05) is 121 Å². The summed E-state index contributed by atoms with van der Waals surface area (Å²) in [7, 11) is 0. The van der Waals surface area contributed by atoms with Gasteiger partial charge in [-0.2, -0.15) is 46.4 Å². The van der Waals surface area contributed by atoms with E-state index in [0.29, 0.717) is 0 Å². The van der Waals surface area contributed by atoms with Gasteiger partial charge in [-0.25, -0.2) is 0 Å². The minimum atomic E-state index is -1.94. The highest BCUT2D eigenvalue weighted by Gasteiger charge is 2.51. The predicted octanol–water partition coefficient (Wildman–Crippen LogP) is 9.51. The molecule has 0 spiro atoms. The highest BCUT2D eigenvalue weighted by molar-refractivity contribution is 7.00. The van der Waals surface area contributed by atoms with Crippen molar-refractivity contribution < 1.29 is 0 Å². The normalized spacial score (nSPS) is 16.8. The Labute approximate surface area is 216 Å². The summed E-state index contributed by atoms with van der Waals surface area (Å²) in [4.78, 5) is 0. The van der Waals surface area contributed by atoms with Crippen LogP contribution in [0.3, 0.4) is 0 Å². The maximum Gasteiger partial charge on any atom is 0.0968 e. The van der Waals surface area contributed by atoms with Crippen LogP contribution >= 0.6 is 46.4 Å². The smallest absolute Gasteiger partial charge is 0.0968 e. The van der Waals surface area contributed by atoms with Gasteiger partial charge in [-0.05, 0) is 0 Å². The van der Waals surface area contributed by atoms with E-state index in [4.69, 9.17) is 46.4 Å². The van der Waals surface area contributed by atoms with Crippen LogP contribution in [0.25, 0.3) is 0 Å². The molecule has 4 aromatic carbocycles. The lowest BCUT2D eigenvalue weighted by molar-refractivity contribution is 0.995. The van der Waals surface area contributed by atoms with Gasteiger partial charge >= 0.3 is 0 Å². The second-order valence-electron chi connectivity index (χ2n) is 8.40. The second kappa shape index (κ2) is 11.0. The number of hydrogen-bond acceptors (Lipinski definition) is 0. The summed E-state index contributed by atoms with van der Waals surface area (Å²) >= 11 is 29.8. The quantitative estimate of drug-likeness (QED) is 0.163. The van der Waals surface area contributed by atoms with E-state index >= 15 is 0 Å². The molecule has 4 rings (SSSR count). The Hall–Kier alpha value is -1.90. The van der Waals surface area contributed by atoms with Gasteiger partial charge in [0, 0.05) is 0 Å². The molecule has 33 heavy (non-hydrogen) atoms. The standard InChI is InChI=1S/C28H24BCl4/c30-25(21-13-5-1-6-14-21)29(26(31)22-15-7-2-8-16-22,27(32)23-17-9-3-10-18-23)28(33)24-19-11-4-12-20-24/h1-20,25-28H/q-1. The fourth-order valence-electron chi connectivity index (χ4n) is 4.77. The molecule has 0 amide bonds. The minimum Gasteiger partial charge on any atom is -0.160 e. The first-order valence-electron chi connectivity index (χ1n) is 11.0. The second-order valence-corrected chi connectivity index (χ2v) is 10.3. The van der Waals surface area contributed by atoms with Crippen LogP contribution < -0.4 is 0 Å². The monoisotopic (exact) mass is 511 g/mol. The van der Waals surface area contributed by atoms with E-state index in [-0.39, 0.29) is 0 Å². The molecular formula is C28H24BCl4-. The lowest BCUT2D eigenvalue weighted by Gasteiger charge is -2.54. The molecular weight excluding hydrogens is 489 g/mol. The van der Waals surface area contributed by atoms with Crippen molar-refractivity contribution in [3.05, 3.63) is 144 Å². The number of halogens is 4. The summed E-state index contributed by atoms with van der Waals surface area (Å²) in [5, 5.41) is -2.06. The summed E-state index contributed by atoms with van der Waals surface area (Å²) in [5.41, 5.74) is 3.79. The van der Waals surface area contributed by atoms with Crippen LogP contribution in [-0.2, 0) is 0 Å². The summed E-state index contributed by atoms with van der Waals surface area (Å²) in [6.45, 7) is 0. The van der Waals surface area contributed by atoms with Gasteiger partial charge in [0.25, 0.3) is 0 Å². The molecule has 0 fully saturated rings. The number of benzene rings is 4. The Morgan fingerprint density at radius 2 is 0.515 bits per heavy atom. The molecule has 4 unspecified atom stereocenters. The largest absolute Gasteiger partial charge is 0.160 e. The number of rotatable bonds is 8. The molecule has 0 N–H and O–H groups in total. The van der Waals surface area contributed by atoms with Gasteiger partial charge in [0.15, 0.2) is 0 Å². The Morgan fingerprint density at radius 1 is 0.333 bits per heavy atom. The molecule has 4 aromatic rings. The fourth-order valence-corrected chi connectivity index (χ4v) is 7.55. The van der Waals surface area contributed by atoms with Crippen LogP contribution in [0.15, 0.2) is 121 Å². The zero-order chi connectivity index (χ0) is 23.3. The van der Waals surface area contributed by atoms with Crippen molar-refractivity contribution in [2.45, 2.75) is 21.1 Å². The maximum atomic E-state index is 7.44. The zero-order valence-electron chi connectivity index (χ0n) is 17.9. The molecule has 0 aliphatic carbocycles. The van der Waals surface area contributed by atoms with E-state index in [1.54, 1.807) is 0 Å². The molecule has 5 heteroatoms. The van der Waals surface area contributed by atoms with Gasteiger partial charge in [0.1, 0.15) is 0 Å². The van der Waals surface area contributed by atoms with Crippen LogP contribution in [0.4, 0.5) is 0 Å². The molecule has 0 bridgehead atoms. The van der Waals surface area contributed by atoms with Crippen molar-refractivity contribution >= 4 is 52.5 Å².